The van der Waals surface area contributed by atoms with Crippen LogP contribution in [0.2, 0.25) is 5.02 Å². The van der Waals surface area contributed by atoms with Gasteiger partial charge >= 0.3 is 12.0 Å². The average Bonchev–Trinajstić information content (AvgIpc) is 2.86. The summed E-state index contributed by atoms with van der Waals surface area (Å²) < 4.78 is 5.06. The standard InChI is InChI=1S/C14H15ClN2O4/c1-9(13(19)17-7-6-16-14(17)20)21-12(18)8-10-2-4-11(15)5-3-10/h2-5,9H,6-8H2,1H3,(H,16,20). The van der Waals surface area contributed by atoms with Gasteiger partial charge in [0.2, 0.25) is 0 Å². The minimum atomic E-state index is -0.992. The quantitative estimate of drug-likeness (QED) is 0.852. The van der Waals surface area contributed by atoms with Gasteiger partial charge in [-0.05, 0) is 24.6 Å². The van der Waals surface area contributed by atoms with Crippen molar-refractivity contribution in [2.45, 2.75) is 19.4 Å². The van der Waals surface area contributed by atoms with E-state index in [1.54, 1.807) is 24.3 Å². The lowest BCUT2D eigenvalue weighted by molar-refractivity contribution is -0.156. The average molecular weight is 311 g/mol. The maximum absolute atomic E-state index is 12.0. The third-order valence-electron chi connectivity index (χ3n) is 3.04. The van der Waals surface area contributed by atoms with Crippen molar-refractivity contribution in [1.82, 2.24) is 10.2 Å². The van der Waals surface area contributed by atoms with Crippen molar-refractivity contribution in [3.63, 3.8) is 0 Å². The van der Waals surface area contributed by atoms with E-state index in [4.69, 9.17) is 16.3 Å². The number of ether oxygens (including phenoxy) is 1. The lowest BCUT2D eigenvalue weighted by Crippen LogP contribution is -2.42. The topological polar surface area (TPSA) is 75.7 Å². The van der Waals surface area contributed by atoms with Crippen molar-refractivity contribution in [3.05, 3.63) is 34.9 Å². The molecule has 6 nitrogen and oxygen atoms in total. The molecule has 21 heavy (non-hydrogen) atoms. The van der Waals surface area contributed by atoms with Crippen LogP contribution in [0.15, 0.2) is 24.3 Å². The summed E-state index contributed by atoms with van der Waals surface area (Å²) in [4.78, 5) is 36.2. The van der Waals surface area contributed by atoms with Crippen LogP contribution >= 0.6 is 11.6 Å². The largest absolute Gasteiger partial charge is 0.452 e. The van der Waals surface area contributed by atoms with Gasteiger partial charge in [-0.15, -0.1) is 0 Å². The number of carbonyl (C=O) groups is 3. The summed E-state index contributed by atoms with van der Waals surface area (Å²) in [6.45, 7) is 2.15. The second-order valence-corrected chi connectivity index (χ2v) is 5.09. The number of nitrogens with zero attached hydrogens (tertiary/aromatic N) is 1. The van der Waals surface area contributed by atoms with Crippen LogP contribution in [-0.4, -0.2) is 42.0 Å². The van der Waals surface area contributed by atoms with Crippen LogP contribution in [-0.2, 0) is 20.7 Å². The van der Waals surface area contributed by atoms with Gasteiger partial charge in [-0.3, -0.25) is 14.5 Å². The van der Waals surface area contributed by atoms with E-state index in [0.717, 1.165) is 10.5 Å². The van der Waals surface area contributed by atoms with Crippen LogP contribution in [0.25, 0.3) is 0 Å². The minimum Gasteiger partial charge on any atom is -0.452 e. The molecule has 1 atom stereocenters. The first kappa shape index (κ1) is 15.3. The fraction of sp³-hybridized carbons (Fsp3) is 0.357. The van der Waals surface area contributed by atoms with Crippen LogP contribution in [0, 0.1) is 0 Å². The zero-order valence-corrected chi connectivity index (χ0v) is 12.2. The fourth-order valence-corrected chi connectivity index (χ4v) is 2.09. The number of rotatable bonds is 4. The second kappa shape index (κ2) is 6.58. The van der Waals surface area contributed by atoms with E-state index in [0.29, 0.717) is 11.6 Å². The van der Waals surface area contributed by atoms with Gasteiger partial charge in [0.05, 0.1) is 6.42 Å². The Kier molecular flexibility index (Phi) is 4.80. The van der Waals surface area contributed by atoms with Crippen molar-refractivity contribution < 1.29 is 19.1 Å². The maximum Gasteiger partial charge on any atom is 0.324 e. The van der Waals surface area contributed by atoms with Gasteiger partial charge in [0.25, 0.3) is 5.91 Å². The highest BCUT2D eigenvalue weighted by Gasteiger charge is 2.31. The number of halogens is 1. The Bertz CT molecular complexity index is 559. The SMILES string of the molecule is CC(OC(=O)Cc1ccc(Cl)cc1)C(=O)N1CCNC1=O. The molecule has 0 saturated carbocycles. The predicted molar refractivity (Wildman–Crippen MR) is 75.8 cm³/mol. The number of benzene rings is 1. The molecule has 1 N–H and O–H groups in total. The molecule has 7 heteroatoms. The first-order chi connectivity index (χ1) is 9.97. The third kappa shape index (κ3) is 3.95. The van der Waals surface area contributed by atoms with Gasteiger partial charge in [0.1, 0.15) is 0 Å². The molecule has 0 spiro atoms. The van der Waals surface area contributed by atoms with Crippen molar-refractivity contribution >= 4 is 29.5 Å². The van der Waals surface area contributed by atoms with Crippen LogP contribution in [0.4, 0.5) is 4.79 Å². The van der Waals surface area contributed by atoms with E-state index in [-0.39, 0.29) is 13.0 Å². The molecule has 1 aliphatic heterocycles. The molecule has 1 fully saturated rings. The number of hydrogen-bond donors (Lipinski definition) is 1. The first-order valence-electron chi connectivity index (χ1n) is 6.50. The zero-order chi connectivity index (χ0) is 15.4. The number of carbonyl (C=O) groups excluding carboxylic acids is 3. The summed E-state index contributed by atoms with van der Waals surface area (Å²) in [6.07, 6.45) is -0.949. The maximum atomic E-state index is 12.0. The van der Waals surface area contributed by atoms with Crippen LogP contribution in [0.5, 0.6) is 0 Å². The second-order valence-electron chi connectivity index (χ2n) is 4.66. The molecule has 0 aliphatic carbocycles. The van der Waals surface area contributed by atoms with E-state index in [9.17, 15) is 14.4 Å². The Balaban J connectivity index is 1.88. The van der Waals surface area contributed by atoms with Crippen molar-refractivity contribution in [2.75, 3.05) is 13.1 Å². The highest BCUT2D eigenvalue weighted by molar-refractivity contribution is 6.30. The van der Waals surface area contributed by atoms with E-state index < -0.39 is 24.0 Å². The van der Waals surface area contributed by atoms with E-state index >= 15 is 0 Å². The number of imide groups is 1. The molecule has 1 heterocycles. The molecule has 1 saturated heterocycles. The monoisotopic (exact) mass is 310 g/mol. The number of nitrogens with one attached hydrogen (secondary N) is 1. The number of esters is 1. The Morgan fingerprint density at radius 2 is 2.05 bits per heavy atom. The third-order valence-corrected chi connectivity index (χ3v) is 3.29. The smallest absolute Gasteiger partial charge is 0.324 e. The summed E-state index contributed by atoms with van der Waals surface area (Å²) in [6, 6.07) is 6.31. The lowest BCUT2D eigenvalue weighted by Gasteiger charge is -2.18. The van der Waals surface area contributed by atoms with Crippen LogP contribution in [0.3, 0.4) is 0 Å². The molecule has 0 aromatic heterocycles. The number of urea groups is 1. The highest BCUT2D eigenvalue weighted by Crippen LogP contribution is 2.11. The van der Waals surface area contributed by atoms with E-state index in [1.807, 2.05) is 0 Å². The van der Waals surface area contributed by atoms with Gasteiger partial charge in [0, 0.05) is 18.1 Å². The molecule has 1 aromatic carbocycles. The number of hydrogen-bond acceptors (Lipinski definition) is 4. The molecule has 0 bridgehead atoms. The van der Waals surface area contributed by atoms with Crippen LogP contribution < -0.4 is 5.32 Å². The molecular formula is C14H15ClN2O4. The van der Waals surface area contributed by atoms with Crippen molar-refractivity contribution in [3.8, 4) is 0 Å². The highest BCUT2D eigenvalue weighted by atomic mass is 35.5. The van der Waals surface area contributed by atoms with Gasteiger partial charge in [-0.1, -0.05) is 23.7 Å². The molecule has 3 amide bonds. The molecule has 0 radical (unpaired) electrons. The Morgan fingerprint density at radius 3 is 2.62 bits per heavy atom. The number of amides is 3. The molecule has 1 unspecified atom stereocenters. The summed E-state index contributed by atoms with van der Waals surface area (Å²) in [5.41, 5.74) is 0.739. The van der Waals surface area contributed by atoms with Gasteiger partial charge in [0.15, 0.2) is 6.10 Å². The summed E-state index contributed by atoms with van der Waals surface area (Å²) in [5, 5.41) is 3.10. The zero-order valence-electron chi connectivity index (χ0n) is 11.5. The molecule has 1 aromatic rings. The van der Waals surface area contributed by atoms with Crippen molar-refractivity contribution in [1.29, 1.82) is 0 Å². The van der Waals surface area contributed by atoms with Crippen molar-refractivity contribution in [2.24, 2.45) is 0 Å². The molecule has 2 rings (SSSR count). The first-order valence-corrected chi connectivity index (χ1v) is 6.88. The fourth-order valence-electron chi connectivity index (χ4n) is 1.96. The minimum absolute atomic E-state index is 0.0426. The normalized spacial score (nSPS) is 15.5. The van der Waals surface area contributed by atoms with Gasteiger partial charge < -0.3 is 10.1 Å². The lowest BCUT2D eigenvalue weighted by atomic mass is 10.1. The Morgan fingerprint density at radius 1 is 1.38 bits per heavy atom. The summed E-state index contributed by atoms with van der Waals surface area (Å²) in [5.74, 6) is -1.05. The Labute approximate surface area is 127 Å². The van der Waals surface area contributed by atoms with E-state index in [2.05, 4.69) is 5.32 Å². The molecule has 112 valence electrons. The summed E-state index contributed by atoms with van der Waals surface area (Å²) in [7, 11) is 0. The van der Waals surface area contributed by atoms with Gasteiger partial charge in [-0.2, -0.15) is 0 Å². The molecule has 1 aliphatic rings. The van der Waals surface area contributed by atoms with Gasteiger partial charge in [-0.25, -0.2) is 4.79 Å². The van der Waals surface area contributed by atoms with Crippen LogP contribution in [0.1, 0.15) is 12.5 Å². The Hall–Kier alpha value is -2.08. The molecular weight excluding hydrogens is 296 g/mol. The summed E-state index contributed by atoms with van der Waals surface area (Å²) >= 11 is 5.76. The predicted octanol–water partition coefficient (Wildman–Crippen LogP) is 1.37. The van der Waals surface area contributed by atoms with E-state index in [1.165, 1.54) is 6.92 Å².